The molecule has 1 rings (SSSR count). The van der Waals surface area contributed by atoms with Crippen LogP contribution in [0.2, 0.25) is 0 Å². The van der Waals surface area contributed by atoms with Crippen LogP contribution in [0.4, 0.5) is 0 Å². The van der Waals surface area contributed by atoms with Gasteiger partial charge in [-0.1, -0.05) is 0 Å². The first kappa shape index (κ1) is 9.25. The zero-order valence-corrected chi connectivity index (χ0v) is 11.2. The Morgan fingerprint density at radius 1 is 1.20 bits per heavy atom. The lowest BCUT2D eigenvalue weighted by atomic mass is 10.2. The Hall–Kier alpha value is 1.16. The van der Waals surface area contributed by atoms with Crippen molar-refractivity contribution in [2.45, 2.75) is 6.92 Å². The van der Waals surface area contributed by atoms with Gasteiger partial charge in [0.05, 0.1) is 0 Å². The lowest BCUT2D eigenvalue weighted by molar-refractivity contribution is 1.39. The van der Waals surface area contributed by atoms with E-state index in [9.17, 15) is 0 Å². The van der Waals surface area contributed by atoms with Crippen LogP contribution >= 0.6 is 61.1 Å². The van der Waals surface area contributed by atoms with E-state index in [4.69, 9.17) is 0 Å². The van der Waals surface area contributed by atoms with Gasteiger partial charge in [-0.3, -0.25) is 0 Å². The molecule has 0 saturated carbocycles. The van der Waals surface area contributed by atoms with Crippen molar-refractivity contribution >= 4 is 61.1 Å². The molecule has 0 atom stereocenters. The molecule has 0 aliphatic heterocycles. The van der Waals surface area contributed by atoms with Crippen LogP contribution in [0.15, 0.2) is 16.6 Å². The Balaban J connectivity index is 3.28. The van der Waals surface area contributed by atoms with Crippen LogP contribution < -0.4 is 0 Å². The quantitative estimate of drug-likeness (QED) is 0.438. The molecule has 0 spiro atoms. The van der Waals surface area contributed by atoms with E-state index in [0.717, 1.165) is 0 Å². The summed E-state index contributed by atoms with van der Waals surface area (Å²) in [4.78, 5) is 0. The van der Waals surface area contributed by atoms with Gasteiger partial charge >= 0.3 is 0 Å². The van der Waals surface area contributed by atoms with Crippen LogP contribution in [0.1, 0.15) is 5.56 Å². The Labute approximate surface area is 96.2 Å². The zero-order chi connectivity index (χ0) is 7.72. The van der Waals surface area contributed by atoms with Gasteiger partial charge in [-0.05, 0) is 85.7 Å². The van der Waals surface area contributed by atoms with Crippen molar-refractivity contribution in [3.8, 4) is 0 Å². The molecule has 0 aromatic heterocycles. The zero-order valence-electron chi connectivity index (χ0n) is 5.29. The van der Waals surface area contributed by atoms with E-state index in [2.05, 4.69) is 80.2 Å². The van der Waals surface area contributed by atoms with Crippen LogP contribution in [0, 0.1) is 14.1 Å². The summed E-state index contributed by atoms with van der Waals surface area (Å²) < 4.78 is 3.77. The van der Waals surface area contributed by atoms with E-state index >= 15 is 0 Å². The summed E-state index contributed by atoms with van der Waals surface area (Å²) in [5.74, 6) is 0. The summed E-state index contributed by atoms with van der Waals surface area (Å²) in [6.07, 6.45) is 0. The molecule has 0 nitrogen and oxygen atoms in total. The van der Waals surface area contributed by atoms with Gasteiger partial charge in [0.25, 0.3) is 0 Å². The summed E-state index contributed by atoms with van der Waals surface area (Å²) in [5, 5.41) is 0. The van der Waals surface area contributed by atoms with Crippen molar-refractivity contribution in [2.75, 3.05) is 0 Å². The van der Waals surface area contributed by atoms with E-state index in [1.807, 2.05) is 0 Å². The second-order valence-electron chi connectivity index (χ2n) is 2.02. The van der Waals surface area contributed by atoms with Gasteiger partial charge in [0.2, 0.25) is 0 Å². The first-order chi connectivity index (χ1) is 4.61. The maximum absolute atomic E-state index is 3.47. The first-order valence-corrected chi connectivity index (χ1v) is 5.67. The predicted molar refractivity (Wildman–Crippen MR) is 64.3 cm³/mol. The number of aryl methyl sites for hydroxylation is 1. The molecule has 0 aliphatic carbocycles. The van der Waals surface area contributed by atoms with Crippen LogP contribution in [0.5, 0.6) is 0 Å². The standard InChI is InChI=1S/C7H5BrI2/c1-4-2-7(10)5(8)3-6(4)9/h2-3H,1H3. The van der Waals surface area contributed by atoms with Crippen molar-refractivity contribution in [3.63, 3.8) is 0 Å². The van der Waals surface area contributed by atoms with Crippen LogP contribution in [-0.2, 0) is 0 Å². The molecule has 0 aliphatic rings. The van der Waals surface area contributed by atoms with Crippen LogP contribution in [-0.4, -0.2) is 0 Å². The number of rotatable bonds is 0. The van der Waals surface area contributed by atoms with Gasteiger partial charge in [-0.25, -0.2) is 0 Å². The van der Waals surface area contributed by atoms with Crippen molar-refractivity contribution in [2.24, 2.45) is 0 Å². The Morgan fingerprint density at radius 3 is 2.30 bits per heavy atom. The van der Waals surface area contributed by atoms with Crippen molar-refractivity contribution in [1.82, 2.24) is 0 Å². The van der Waals surface area contributed by atoms with Gasteiger partial charge < -0.3 is 0 Å². The van der Waals surface area contributed by atoms with E-state index in [0.29, 0.717) is 0 Å². The molecule has 1 aromatic carbocycles. The highest BCUT2D eigenvalue weighted by Crippen LogP contribution is 2.23. The molecule has 0 fully saturated rings. The number of halogens is 3. The van der Waals surface area contributed by atoms with E-state index in [1.165, 1.54) is 17.2 Å². The smallest absolute Gasteiger partial charge is 0.0319 e. The third kappa shape index (κ3) is 2.07. The highest BCUT2D eigenvalue weighted by Gasteiger charge is 1.99. The Bertz CT molecular complexity index is 208. The SMILES string of the molecule is Cc1cc(I)c(Br)cc1I. The van der Waals surface area contributed by atoms with Crippen molar-refractivity contribution < 1.29 is 0 Å². The molecule has 0 radical (unpaired) electrons. The van der Waals surface area contributed by atoms with Crippen LogP contribution in [0.25, 0.3) is 0 Å². The average molecular weight is 423 g/mol. The highest BCUT2D eigenvalue weighted by atomic mass is 127. The van der Waals surface area contributed by atoms with Crippen LogP contribution in [0.3, 0.4) is 0 Å². The summed E-state index contributed by atoms with van der Waals surface area (Å²) in [6.45, 7) is 2.12. The van der Waals surface area contributed by atoms with E-state index in [1.54, 1.807) is 0 Å². The molecule has 0 bridgehead atoms. The third-order valence-electron chi connectivity index (χ3n) is 1.20. The topological polar surface area (TPSA) is 0 Å². The average Bonchev–Trinajstić information content (AvgIpc) is 1.84. The lowest BCUT2D eigenvalue weighted by Crippen LogP contribution is -1.82. The molecule has 3 heteroatoms. The molecule has 0 heterocycles. The van der Waals surface area contributed by atoms with Gasteiger partial charge in [0, 0.05) is 11.6 Å². The second kappa shape index (κ2) is 3.71. The molecule has 0 amide bonds. The summed E-state index contributed by atoms with van der Waals surface area (Å²) in [6, 6.07) is 4.31. The Kier molecular flexibility index (Phi) is 3.43. The summed E-state index contributed by atoms with van der Waals surface area (Å²) in [7, 11) is 0. The minimum atomic E-state index is 1.18. The number of hydrogen-bond donors (Lipinski definition) is 0. The number of hydrogen-bond acceptors (Lipinski definition) is 0. The fraction of sp³-hybridized carbons (Fsp3) is 0.143. The largest absolute Gasteiger partial charge is 0.0496 e. The van der Waals surface area contributed by atoms with Crippen molar-refractivity contribution in [1.29, 1.82) is 0 Å². The minimum Gasteiger partial charge on any atom is -0.0496 e. The molecule has 0 N–H and O–H groups in total. The first-order valence-electron chi connectivity index (χ1n) is 2.72. The maximum Gasteiger partial charge on any atom is 0.0319 e. The Morgan fingerprint density at radius 2 is 1.80 bits per heavy atom. The maximum atomic E-state index is 3.47. The fourth-order valence-electron chi connectivity index (χ4n) is 0.622. The number of benzene rings is 1. The molecular weight excluding hydrogens is 418 g/mol. The van der Waals surface area contributed by atoms with Crippen molar-refractivity contribution in [3.05, 3.63) is 29.3 Å². The van der Waals surface area contributed by atoms with Gasteiger partial charge in [0.15, 0.2) is 0 Å². The van der Waals surface area contributed by atoms with E-state index in [-0.39, 0.29) is 0 Å². The summed E-state index contributed by atoms with van der Waals surface area (Å²) >= 11 is 8.12. The monoisotopic (exact) mass is 422 g/mol. The molecule has 0 saturated heterocycles. The minimum absolute atomic E-state index is 1.18. The fourth-order valence-corrected chi connectivity index (χ4v) is 2.48. The highest BCUT2D eigenvalue weighted by molar-refractivity contribution is 14.1. The molecule has 0 unspecified atom stereocenters. The predicted octanol–water partition coefficient (Wildman–Crippen LogP) is 3.97. The second-order valence-corrected chi connectivity index (χ2v) is 5.19. The molecule has 1 aromatic rings. The van der Waals surface area contributed by atoms with Gasteiger partial charge in [0.1, 0.15) is 0 Å². The molecule has 10 heavy (non-hydrogen) atoms. The normalized spacial score (nSPS) is 10.0. The lowest BCUT2D eigenvalue weighted by Gasteiger charge is -2.00. The molecular formula is C7H5BrI2. The molecule has 54 valence electrons. The summed E-state index contributed by atoms with van der Waals surface area (Å²) in [5.41, 5.74) is 1.34. The third-order valence-corrected chi connectivity index (χ3v) is 4.65. The van der Waals surface area contributed by atoms with Gasteiger partial charge in [-0.2, -0.15) is 0 Å². The van der Waals surface area contributed by atoms with E-state index < -0.39 is 0 Å². The van der Waals surface area contributed by atoms with Gasteiger partial charge in [-0.15, -0.1) is 0 Å².